The van der Waals surface area contributed by atoms with Gasteiger partial charge < -0.3 is 35.0 Å². The first-order chi connectivity index (χ1) is 20.9. The van der Waals surface area contributed by atoms with Gasteiger partial charge in [-0.1, -0.05) is 53.2 Å². The number of allylic oxidation sites excluding steroid dienone is 1. The molecule has 45 heavy (non-hydrogen) atoms. The van der Waals surface area contributed by atoms with Crippen molar-refractivity contribution in [2.24, 2.45) is 56.7 Å². The molecule has 9 nitrogen and oxygen atoms in total. The van der Waals surface area contributed by atoms with Gasteiger partial charge in [-0.3, -0.25) is 9.59 Å². The fourth-order valence-electron chi connectivity index (χ4n) is 12.5. The summed E-state index contributed by atoms with van der Waals surface area (Å²) in [6.45, 7) is 15.0. The van der Waals surface area contributed by atoms with Crippen molar-refractivity contribution in [1.82, 2.24) is 0 Å². The summed E-state index contributed by atoms with van der Waals surface area (Å²) in [5.41, 5.74) is -2.13. The summed E-state index contributed by atoms with van der Waals surface area (Å²) in [4.78, 5) is 26.8. The molecule has 0 aromatic rings. The molecule has 4 saturated carbocycles. The van der Waals surface area contributed by atoms with Gasteiger partial charge in [0.1, 0.15) is 18.3 Å². The van der Waals surface area contributed by atoms with Crippen molar-refractivity contribution in [3.8, 4) is 0 Å². The van der Waals surface area contributed by atoms with Crippen LogP contribution in [0.5, 0.6) is 0 Å². The van der Waals surface area contributed by atoms with E-state index in [1.54, 1.807) is 6.92 Å². The molecular weight excluding hydrogens is 576 g/mol. The molecule has 9 heteroatoms. The minimum absolute atomic E-state index is 0.0958. The minimum Gasteiger partial charge on any atom is -0.481 e. The first kappa shape index (κ1) is 33.4. The number of carboxylic acids is 2. The molecule has 5 aliphatic carbocycles. The third kappa shape index (κ3) is 4.28. The van der Waals surface area contributed by atoms with E-state index in [2.05, 4.69) is 47.6 Å². The second kappa shape index (κ2) is 10.7. The van der Waals surface area contributed by atoms with E-state index in [9.17, 15) is 35.1 Å². The molecule has 6 aliphatic rings. The molecule has 5 N–H and O–H groups in total. The zero-order valence-corrected chi connectivity index (χ0v) is 28.2. The molecule has 0 radical (unpaired) electrons. The van der Waals surface area contributed by atoms with E-state index in [0.717, 1.165) is 37.7 Å². The molecule has 15 atom stereocenters. The summed E-state index contributed by atoms with van der Waals surface area (Å²) in [6, 6.07) is 0. The maximum absolute atomic E-state index is 13.8. The summed E-state index contributed by atoms with van der Waals surface area (Å²) in [5, 5.41) is 53.2. The Bertz CT molecular complexity index is 1250. The van der Waals surface area contributed by atoms with E-state index >= 15 is 0 Å². The first-order valence-corrected chi connectivity index (χ1v) is 17.4. The number of fused-ring (bicyclic) bond motifs is 7. The van der Waals surface area contributed by atoms with Gasteiger partial charge in [-0.05, 0) is 111 Å². The second-order valence-corrected chi connectivity index (χ2v) is 17.2. The monoisotopic (exact) mass is 632 g/mol. The Balaban J connectivity index is 1.35. The average molecular weight is 633 g/mol. The van der Waals surface area contributed by atoms with Gasteiger partial charge >= 0.3 is 11.9 Å². The summed E-state index contributed by atoms with van der Waals surface area (Å²) in [7, 11) is 0. The highest BCUT2D eigenvalue weighted by Gasteiger charge is 2.73. The van der Waals surface area contributed by atoms with Gasteiger partial charge in [0.15, 0.2) is 6.29 Å². The Morgan fingerprint density at radius 3 is 2.16 bits per heavy atom. The molecule has 0 unspecified atom stereocenters. The highest BCUT2D eigenvalue weighted by Crippen LogP contribution is 2.76. The van der Waals surface area contributed by atoms with Crippen LogP contribution in [0.2, 0.25) is 0 Å². The number of aliphatic hydroxyl groups excluding tert-OH is 3. The van der Waals surface area contributed by atoms with E-state index in [-0.39, 0.29) is 40.6 Å². The van der Waals surface area contributed by atoms with Crippen molar-refractivity contribution < 1.29 is 44.6 Å². The minimum atomic E-state index is -1.36. The van der Waals surface area contributed by atoms with Gasteiger partial charge in [0.05, 0.1) is 23.0 Å². The van der Waals surface area contributed by atoms with Crippen LogP contribution >= 0.6 is 0 Å². The van der Waals surface area contributed by atoms with Crippen LogP contribution in [-0.2, 0) is 19.1 Å². The van der Waals surface area contributed by atoms with Crippen molar-refractivity contribution in [3.63, 3.8) is 0 Å². The number of carbonyl (C=O) groups is 2. The van der Waals surface area contributed by atoms with Crippen LogP contribution in [0.25, 0.3) is 0 Å². The van der Waals surface area contributed by atoms with Crippen LogP contribution in [0.4, 0.5) is 0 Å². The second-order valence-electron chi connectivity index (χ2n) is 17.2. The third-order valence-corrected chi connectivity index (χ3v) is 15.3. The lowest BCUT2D eigenvalue weighted by atomic mass is 9.33. The number of hydrogen-bond acceptors (Lipinski definition) is 7. The number of carboxylic acid groups (broad SMARTS) is 2. The van der Waals surface area contributed by atoms with E-state index in [0.29, 0.717) is 31.6 Å². The highest BCUT2D eigenvalue weighted by atomic mass is 16.7. The summed E-state index contributed by atoms with van der Waals surface area (Å²) in [5.74, 6) is -1.08. The molecular formula is C36H56O9. The largest absolute Gasteiger partial charge is 0.481 e. The third-order valence-electron chi connectivity index (χ3n) is 15.3. The predicted octanol–water partition coefficient (Wildman–Crippen LogP) is 5.01. The molecule has 1 heterocycles. The zero-order chi connectivity index (χ0) is 33.1. The van der Waals surface area contributed by atoms with Crippen LogP contribution in [0.1, 0.15) is 106 Å². The Kier molecular flexibility index (Phi) is 7.97. The van der Waals surface area contributed by atoms with Gasteiger partial charge in [0.25, 0.3) is 0 Å². The van der Waals surface area contributed by atoms with Crippen LogP contribution in [0.15, 0.2) is 11.6 Å². The average Bonchev–Trinajstić information content (AvgIpc) is 2.97. The van der Waals surface area contributed by atoms with Gasteiger partial charge in [0, 0.05) is 0 Å². The molecule has 0 spiro atoms. The van der Waals surface area contributed by atoms with Crippen LogP contribution in [-0.4, -0.2) is 74.3 Å². The molecule has 0 aromatic carbocycles. The summed E-state index contributed by atoms with van der Waals surface area (Å²) >= 11 is 0. The normalized spacial score (nSPS) is 54.0. The van der Waals surface area contributed by atoms with Gasteiger partial charge in [-0.25, -0.2) is 0 Å². The van der Waals surface area contributed by atoms with Crippen LogP contribution in [0, 0.1) is 56.7 Å². The van der Waals surface area contributed by atoms with Gasteiger partial charge in [-0.15, -0.1) is 0 Å². The fourth-order valence-corrected chi connectivity index (χ4v) is 12.5. The number of rotatable bonds is 4. The number of ether oxygens (including phenoxy) is 2. The lowest BCUT2D eigenvalue weighted by Gasteiger charge is -2.70. The summed E-state index contributed by atoms with van der Waals surface area (Å²) < 4.78 is 12.3. The van der Waals surface area contributed by atoms with Crippen LogP contribution < -0.4 is 0 Å². The van der Waals surface area contributed by atoms with Gasteiger partial charge in [-0.2, -0.15) is 0 Å². The number of aliphatic hydroxyl groups is 3. The zero-order valence-electron chi connectivity index (χ0n) is 28.2. The molecule has 254 valence electrons. The maximum atomic E-state index is 13.8. The van der Waals surface area contributed by atoms with E-state index < -0.39 is 58.9 Å². The smallest absolute Gasteiger partial charge is 0.314 e. The standard InChI is InChI=1S/C36H56O9/c1-18-10-15-35(30(40)41)16-17-36(31(42)43)21(25(35)19(18)2)8-9-23-33(6)13-12-24(32(4,5)22(33)11-14-34(23,36)7)45-29-28(39)27(38)26(37)20(3)44-29/h8,18-20,22-29,37-39H,9-17H2,1-7H3,(H,40,41)(H,42,43)/t18-,19+,20-,22+,23-,24+,25-,26-,27+,28-,29+,33+,34-,35+,36-/m1/s1. The Hall–Kier alpha value is -1.52. The highest BCUT2D eigenvalue weighted by molar-refractivity contribution is 5.84. The molecule has 1 aliphatic heterocycles. The quantitative estimate of drug-likeness (QED) is 0.213. The molecule has 0 amide bonds. The predicted molar refractivity (Wildman–Crippen MR) is 166 cm³/mol. The van der Waals surface area contributed by atoms with E-state index in [1.165, 1.54) is 0 Å². The van der Waals surface area contributed by atoms with Crippen molar-refractivity contribution in [1.29, 1.82) is 0 Å². The Morgan fingerprint density at radius 2 is 1.51 bits per heavy atom. The lowest BCUT2D eigenvalue weighted by Crippen LogP contribution is -2.68. The van der Waals surface area contributed by atoms with Gasteiger partial charge in [0.2, 0.25) is 0 Å². The van der Waals surface area contributed by atoms with E-state index in [1.807, 2.05) is 0 Å². The first-order valence-electron chi connectivity index (χ1n) is 17.4. The molecule has 5 fully saturated rings. The van der Waals surface area contributed by atoms with Crippen molar-refractivity contribution >= 4 is 11.9 Å². The summed E-state index contributed by atoms with van der Waals surface area (Å²) in [6.07, 6.45) is 2.36. The molecule has 6 rings (SSSR count). The Labute approximate surface area is 267 Å². The lowest BCUT2D eigenvalue weighted by molar-refractivity contribution is -0.324. The van der Waals surface area contributed by atoms with Crippen molar-refractivity contribution in [2.45, 2.75) is 143 Å². The molecule has 0 aromatic heterocycles. The number of hydrogen-bond donors (Lipinski definition) is 5. The maximum Gasteiger partial charge on any atom is 0.314 e. The fraction of sp³-hybridized carbons (Fsp3) is 0.889. The van der Waals surface area contributed by atoms with E-state index in [4.69, 9.17) is 9.47 Å². The molecule has 1 saturated heterocycles. The van der Waals surface area contributed by atoms with Crippen molar-refractivity contribution in [3.05, 3.63) is 11.6 Å². The van der Waals surface area contributed by atoms with Crippen molar-refractivity contribution in [2.75, 3.05) is 0 Å². The van der Waals surface area contributed by atoms with Crippen LogP contribution in [0.3, 0.4) is 0 Å². The Morgan fingerprint density at radius 1 is 0.822 bits per heavy atom. The SMILES string of the molecule is C[C@H]1[C@H](C)CC[C@]2(C(=O)O)CC[C@]3(C(=O)O)C(=CC[C@@H]4[C@@]5(C)CC[C@H](O[C@@H]6O[C@H](C)[C@@H](O)[C@H](O)[C@H]6O)C(C)(C)[C@@H]5CC[C@]43C)[C@@H]12. The number of aliphatic carboxylic acids is 2. The topological polar surface area (TPSA) is 154 Å². The molecule has 0 bridgehead atoms.